The fourth-order valence-corrected chi connectivity index (χ4v) is 14.4. The van der Waals surface area contributed by atoms with Gasteiger partial charge in [-0.3, -0.25) is 4.79 Å². The lowest BCUT2D eigenvalue weighted by Crippen LogP contribution is -2.79. The van der Waals surface area contributed by atoms with Gasteiger partial charge in [-0.1, -0.05) is 48.5 Å². The van der Waals surface area contributed by atoms with Gasteiger partial charge >= 0.3 is 18.6 Å². The number of Topliss-reactive ketones (excluding diaryl/α,β-unsaturated/α-hetero) is 1. The topological polar surface area (TPSA) is 115 Å². The van der Waals surface area contributed by atoms with E-state index in [1.165, 1.54) is 0 Å². The molecule has 0 aromatic rings. The van der Waals surface area contributed by atoms with Gasteiger partial charge in [0.05, 0.1) is 35.9 Å². The number of carbonyl (C=O) groups excluding carboxylic acids is 1. The Morgan fingerprint density at radius 1 is 1.00 bits per heavy atom. The molecule has 2 saturated heterocycles. The molecule has 4 bridgehead atoms. The van der Waals surface area contributed by atoms with Crippen LogP contribution in [-0.2, 0) is 22.5 Å². The Morgan fingerprint density at radius 2 is 1.59 bits per heavy atom. The highest BCUT2D eigenvalue weighted by atomic mass is 28.4. The van der Waals surface area contributed by atoms with Crippen LogP contribution in [0.15, 0.2) is 11.1 Å². The van der Waals surface area contributed by atoms with Crippen molar-refractivity contribution in [1.82, 2.24) is 0 Å². The highest BCUT2D eigenvalue weighted by Crippen LogP contribution is 2.65. The molecule has 210 valence electrons. The molecule has 2 heterocycles. The number of carbonyl (C=O) groups is 1. The van der Waals surface area contributed by atoms with Gasteiger partial charge in [-0.15, -0.1) is 0 Å². The maximum atomic E-state index is 15.0. The molecular weight excluding hydrogens is 508 g/mol. The summed E-state index contributed by atoms with van der Waals surface area (Å²) in [5, 5.41) is 35.9. The predicted octanol–water partition coefficient (Wildman–Crippen LogP) is 2.26. The van der Waals surface area contributed by atoms with Crippen LogP contribution >= 0.6 is 0 Å². The Morgan fingerprint density at radius 3 is 2.14 bits per heavy atom. The Bertz CT molecular complexity index is 999. The van der Waals surface area contributed by atoms with Crippen LogP contribution in [0.25, 0.3) is 0 Å². The summed E-state index contributed by atoms with van der Waals surface area (Å²) in [5.41, 5.74) is -3.12. The summed E-state index contributed by atoms with van der Waals surface area (Å²) >= 11 is 0. The molecule has 37 heavy (non-hydrogen) atoms. The van der Waals surface area contributed by atoms with Crippen LogP contribution in [0.1, 0.15) is 75.2 Å². The van der Waals surface area contributed by atoms with Crippen molar-refractivity contribution in [2.75, 3.05) is 6.61 Å². The van der Waals surface area contributed by atoms with Crippen LogP contribution in [0.2, 0.25) is 11.1 Å². The summed E-state index contributed by atoms with van der Waals surface area (Å²) in [6, 6.07) is 0. The minimum absolute atomic E-state index is 0.0818. The van der Waals surface area contributed by atoms with E-state index >= 15 is 4.79 Å². The largest absolute Gasteiger partial charge is 0.419 e. The molecule has 10 unspecified atom stereocenters. The Hall–Kier alpha value is -0.436. The molecular formula is C27H46O8Si2. The molecule has 2 aliphatic heterocycles. The minimum atomic E-state index is -2.43. The summed E-state index contributed by atoms with van der Waals surface area (Å²) in [6.45, 7) is 18.0. The van der Waals surface area contributed by atoms with Gasteiger partial charge in [-0.25, -0.2) is 0 Å². The zero-order valence-electron chi connectivity index (χ0n) is 23.8. The van der Waals surface area contributed by atoms with Gasteiger partial charge in [0.2, 0.25) is 0 Å². The second-order valence-electron chi connectivity index (χ2n) is 13.8. The number of ether oxygens (including phenoxy) is 1. The molecule has 0 aromatic carbocycles. The fourth-order valence-electron chi connectivity index (χ4n) is 8.39. The zero-order valence-corrected chi connectivity index (χ0v) is 26.1. The normalized spacial score (nSPS) is 51.5. The summed E-state index contributed by atoms with van der Waals surface area (Å²) in [7, 11) is -4.72. The standard InChI is InChI=1S/C27H46O8Si2/c1-13(2)36-33-18-10-19-26(30,12-32-19)22-16(6)27(31)11-17(28)15(5)20(24(27,7)8)21(23(29)25(18,22)9)34-37(35-36)14(3)4/h13-14,16-19,21-22,28,30-31,36-37H,10-12H2,1-9H3/t16?,17?,18?,19?,21?,22?,25-,26?,27?,36?,37?/m1/s1. The van der Waals surface area contributed by atoms with Gasteiger partial charge in [0.15, 0.2) is 5.78 Å². The minimum Gasteiger partial charge on any atom is -0.419 e. The summed E-state index contributed by atoms with van der Waals surface area (Å²) in [5.74, 6) is -1.31. The monoisotopic (exact) mass is 554 g/mol. The molecule has 0 aromatic heterocycles. The van der Waals surface area contributed by atoms with Gasteiger partial charge < -0.3 is 33.0 Å². The lowest BCUT2D eigenvalue weighted by Gasteiger charge is -2.68. The van der Waals surface area contributed by atoms with Crippen molar-refractivity contribution in [1.29, 1.82) is 0 Å². The van der Waals surface area contributed by atoms with Crippen molar-refractivity contribution in [2.45, 2.75) is 122 Å². The zero-order chi connectivity index (χ0) is 27.5. The fraction of sp³-hybridized carbons (Fsp3) is 0.889. The molecule has 8 nitrogen and oxygen atoms in total. The second-order valence-corrected chi connectivity index (χ2v) is 19.6. The van der Waals surface area contributed by atoms with Crippen molar-refractivity contribution in [3.63, 3.8) is 0 Å². The number of hydrogen-bond donors (Lipinski definition) is 3. The smallest absolute Gasteiger partial charge is 0.315 e. The quantitative estimate of drug-likeness (QED) is 0.352. The molecule has 11 atom stereocenters. The van der Waals surface area contributed by atoms with Gasteiger partial charge in [0.1, 0.15) is 11.7 Å². The van der Waals surface area contributed by atoms with E-state index in [1.54, 1.807) is 0 Å². The molecule has 5 aliphatic rings. The molecule has 2 saturated carbocycles. The third kappa shape index (κ3) is 3.60. The lowest BCUT2D eigenvalue weighted by molar-refractivity contribution is -0.334. The molecule has 10 heteroatoms. The Labute approximate surface area is 224 Å². The number of hydrogen-bond acceptors (Lipinski definition) is 8. The van der Waals surface area contributed by atoms with E-state index in [4.69, 9.17) is 17.7 Å². The first-order valence-electron chi connectivity index (χ1n) is 14.0. The van der Waals surface area contributed by atoms with E-state index in [2.05, 4.69) is 27.7 Å². The van der Waals surface area contributed by atoms with Crippen molar-refractivity contribution in [3.8, 4) is 0 Å². The van der Waals surface area contributed by atoms with Crippen LogP contribution in [-0.4, -0.2) is 81.9 Å². The van der Waals surface area contributed by atoms with Crippen LogP contribution < -0.4 is 0 Å². The number of rotatable bonds is 2. The lowest BCUT2D eigenvalue weighted by atomic mass is 9.43. The third-order valence-corrected chi connectivity index (χ3v) is 16.2. The summed E-state index contributed by atoms with van der Waals surface area (Å²) in [6.07, 6.45) is -2.39. The van der Waals surface area contributed by atoms with Crippen LogP contribution in [0.5, 0.6) is 0 Å². The van der Waals surface area contributed by atoms with E-state index < -0.39 is 76.9 Å². The summed E-state index contributed by atoms with van der Waals surface area (Å²) in [4.78, 5) is 15.0. The SMILES string of the molecule is CC1=C2C3O[SiH](C(C)C)O[SiH](C(C)C)OC4CC5OCC5(O)C(C(C)C(O)(CC1O)C2(C)C)[C@]4(C)C3=O. The van der Waals surface area contributed by atoms with Crippen molar-refractivity contribution in [2.24, 2.45) is 22.7 Å². The average molecular weight is 555 g/mol. The Balaban J connectivity index is 1.82. The molecule has 5 rings (SSSR count). The molecule has 0 amide bonds. The number of ketones is 1. The van der Waals surface area contributed by atoms with E-state index in [0.29, 0.717) is 17.6 Å². The molecule has 3 N–H and O–H groups in total. The Kier molecular flexibility index (Phi) is 6.67. The second kappa shape index (κ2) is 8.78. The van der Waals surface area contributed by atoms with Crippen molar-refractivity contribution >= 4 is 24.4 Å². The first-order valence-corrected chi connectivity index (χ1v) is 17.2. The molecule has 0 radical (unpaired) electrons. The first kappa shape index (κ1) is 28.1. The maximum absolute atomic E-state index is 15.0. The van der Waals surface area contributed by atoms with E-state index in [9.17, 15) is 15.3 Å². The number of fused-ring (bicyclic) bond motifs is 6. The number of aliphatic hydroxyl groups is 3. The van der Waals surface area contributed by atoms with Crippen LogP contribution in [0, 0.1) is 22.7 Å². The average Bonchev–Trinajstić information content (AvgIpc) is 2.83. The molecule has 3 aliphatic carbocycles. The number of aliphatic hydroxyl groups excluding tert-OH is 1. The first-order chi connectivity index (χ1) is 17.0. The molecule has 4 fully saturated rings. The van der Waals surface area contributed by atoms with E-state index in [0.717, 1.165) is 0 Å². The van der Waals surface area contributed by atoms with Gasteiger partial charge in [0.25, 0.3) is 0 Å². The highest BCUT2D eigenvalue weighted by molar-refractivity contribution is 6.61. The van der Waals surface area contributed by atoms with E-state index in [-0.39, 0.29) is 29.9 Å². The van der Waals surface area contributed by atoms with Crippen LogP contribution in [0.3, 0.4) is 0 Å². The van der Waals surface area contributed by atoms with Gasteiger partial charge in [-0.2, -0.15) is 0 Å². The maximum Gasteiger partial charge on any atom is 0.315 e. The highest BCUT2D eigenvalue weighted by Gasteiger charge is 2.75. The van der Waals surface area contributed by atoms with Crippen molar-refractivity contribution < 1.29 is 37.8 Å². The third-order valence-electron chi connectivity index (χ3n) is 10.7. The summed E-state index contributed by atoms with van der Waals surface area (Å²) < 4.78 is 26.3. The van der Waals surface area contributed by atoms with Gasteiger partial charge in [-0.05, 0) is 42.0 Å². The van der Waals surface area contributed by atoms with E-state index in [1.807, 2.05) is 34.6 Å². The van der Waals surface area contributed by atoms with Crippen molar-refractivity contribution in [3.05, 3.63) is 11.1 Å². The van der Waals surface area contributed by atoms with Crippen LogP contribution in [0.4, 0.5) is 0 Å². The molecule has 0 spiro atoms. The van der Waals surface area contributed by atoms with Gasteiger partial charge in [0, 0.05) is 24.2 Å². The predicted molar refractivity (Wildman–Crippen MR) is 142 cm³/mol.